The van der Waals surface area contributed by atoms with Gasteiger partial charge in [-0.05, 0) is 31.5 Å². The number of aliphatic carboxylic acids is 1. The molecule has 0 amide bonds. The maximum absolute atomic E-state index is 12.5. The fourth-order valence-electron chi connectivity index (χ4n) is 2.98. The van der Waals surface area contributed by atoms with Crippen LogP contribution in [0, 0.1) is 0 Å². The molecule has 1 aliphatic carbocycles. The van der Waals surface area contributed by atoms with E-state index in [-0.39, 0.29) is 29.3 Å². The molecule has 0 bridgehead atoms. The molecule has 1 aromatic carbocycles. The Labute approximate surface area is 148 Å². The minimum Gasteiger partial charge on any atom is -0.480 e. The molecule has 0 unspecified atom stereocenters. The highest BCUT2D eigenvalue weighted by Crippen LogP contribution is 2.27. The molecule has 1 aromatic rings. The maximum Gasteiger partial charge on any atom is 0.317 e. The molecule has 2 rings (SSSR count). The van der Waals surface area contributed by atoms with Gasteiger partial charge in [0.25, 0.3) is 0 Å². The first-order valence-corrected chi connectivity index (χ1v) is 9.86. The number of rotatable bonds is 9. The van der Waals surface area contributed by atoms with Gasteiger partial charge in [0.05, 0.1) is 11.4 Å². The lowest BCUT2D eigenvalue weighted by Gasteiger charge is -2.42. The number of benzene rings is 1. The van der Waals surface area contributed by atoms with Crippen LogP contribution in [0.5, 0.6) is 0 Å². The molecule has 0 aliphatic heterocycles. The Morgan fingerprint density at radius 2 is 1.96 bits per heavy atom. The molecule has 0 heterocycles. The zero-order valence-corrected chi connectivity index (χ0v) is 15.3. The van der Waals surface area contributed by atoms with Crippen LogP contribution in [-0.2, 0) is 14.8 Å². The molecule has 0 radical (unpaired) electrons. The highest BCUT2D eigenvalue weighted by atomic mass is 32.2. The normalized spacial score (nSPS) is 20.3. The van der Waals surface area contributed by atoms with E-state index in [1.165, 1.54) is 12.1 Å². The average molecular weight is 368 g/mol. The summed E-state index contributed by atoms with van der Waals surface area (Å²) in [5.74, 6) is -0.990. The first-order valence-electron chi connectivity index (χ1n) is 8.38. The molecule has 138 valence electrons. The lowest BCUT2D eigenvalue weighted by molar-refractivity contribution is -0.139. The molecule has 0 saturated heterocycles. The van der Waals surface area contributed by atoms with Crippen LogP contribution < -0.4 is 4.72 Å². The van der Waals surface area contributed by atoms with Gasteiger partial charge in [0.1, 0.15) is 0 Å². The zero-order chi connectivity index (χ0) is 18.6. The Morgan fingerprint density at radius 1 is 1.28 bits per heavy atom. The van der Waals surface area contributed by atoms with Crippen molar-refractivity contribution in [2.45, 2.75) is 50.1 Å². The van der Waals surface area contributed by atoms with Crippen molar-refractivity contribution in [3.8, 4) is 0 Å². The Bertz CT molecular complexity index is 741. The fraction of sp³-hybridized carbons (Fsp3) is 0.529. The SMILES string of the molecule is CCC(=O)c1cccc(S(=O)(=O)NC2CC(N(CC)CC(=O)O)C2)c1. The summed E-state index contributed by atoms with van der Waals surface area (Å²) in [4.78, 5) is 24.5. The van der Waals surface area contributed by atoms with Crippen LogP contribution in [0.3, 0.4) is 0 Å². The van der Waals surface area contributed by atoms with Crippen molar-refractivity contribution in [3.05, 3.63) is 29.8 Å². The van der Waals surface area contributed by atoms with E-state index in [1.807, 2.05) is 11.8 Å². The third-order valence-electron chi connectivity index (χ3n) is 4.48. The van der Waals surface area contributed by atoms with E-state index >= 15 is 0 Å². The van der Waals surface area contributed by atoms with Crippen LogP contribution >= 0.6 is 0 Å². The van der Waals surface area contributed by atoms with E-state index in [2.05, 4.69) is 4.72 Å². The topological polar surface area (TPSA) is 104 Å². The quantitative estimate of drug-likeness (QED) is 0.640. The van der Waals surface area contributed by atoms with Crippen LogP contribution in [0.4, 0.5) is 0 Å². The number of nitrogens with zero attached hydrogens (tertiary/aromatic N) is 1. The van der Waals surface area contributed by atoms with Gasteiger partial charge < -0.3 is 5.11 Å². The molecule has 2 N–H and O–H groups in total. The van der Waals surface area contributed by atoms with Crippen molar-refractivity contribution >= 4 is 21.8 Å². The largest absolute Gasteiger partial charge is 0.480 e. The number of Topliss-reactive ketones (excluding diaryl/α,β-unsaturated/α-hetero) is 1. The van der Waals surface area contributed by atoms with Gasteiger partial charge >= 0.3 is 5.97 Å². The number of hydrogen-bond donors (Lipinski definition) is 2. The van der Waals surface area contributed by atoms with Crippen molar-refractivity contribution in [2.24, 2.45) is 0 Å². The van der Waals surface area contributed by atoms with Crippen LogP contribution in [0.1, 0.15) is 43.5 Å². The average Bonchev–Trinajstić information content (AvgIpc) is 2.55. The summed E-state index contributed by atoms with van der Waals surface area (Å²) in [7, 11) is -3.70. The first-order chi connectivity index (χ1) is 11.8. The second-order valence-corrected chi connectivity index (χ2v) is 7.92. The molecule has 1 saturated carbocycles. The van der Waals surface area contributed by atoms with E-state index in [1.54, 1.807) is 19.1 Å². The molecule has 8 heteroatoms. The zero-order valence-electron chi connectivity index (χ0n) is 14.4. The number of hydrogen-bond acceptors (Lipinski definition) is 5. The predicted octanol–water partition coefficient (Wildman–Crippen LogP) is 1.50. The predicted molar refractivity (Wildman–Crippen MR) is 93.1 cm³/mol. The summed E-state index contributed by atoms with van der Waals surface area (Å²) in [5, 5.41) is 8.89. The number of ketones is 1. The highest BCUT2D eigenvalue weighted by molar-refractivity contribution is 7.89. The smallest absolute Gasteiger partial charge is 0.317 e. The van der Waals surface area contributed by atoms with E-state index < -0.39 is 16.0 Å². The summed E-state index contributed by atoms with van der Waals surface area (Å²) in [5.41, 5.74) is 0.385. The number of carbonyl (C=O) groups excluding carboxylic acids is 1. The fourth-order valence-corrected chi connectivity index (χ4v) is 4.29. The second-order valence-electron chi connectivity index (χ2n) is 6.20. The van der Waals surface area contributed by atoms with Crippen molar-refractivity contribution in [1.29, 1.82) is 0 Å². The van der Waals surface area contributed by atoms with Crippen molar-refractivity contribution in [3.63, 3.8) is 0 Å². The summed E-state index contributed by atoms with van der Waals surface area (Å²) >= 11 is 0. The number of likely N-dealkylation sites (N-methyl/N-ethyl adjacent to an activating group) is 1. The molecule has 0 spiro atoms. The van der Waals surface area contributed by atoms with Crippen molar-refractivity contribution in [2.75, 3.05) is 13.1 Å². The number of carboxylic acid groups (broad SMARTS) is 1. The molecule has 25 heavy (non-hydrogen) atoms. The minimum atomic E-state index is -3.70. The van der Waals surface area contributed by atoms with Crippen molar-refractivity contribution < 1.29 is 23.1 Å². The standard InChI is InChI=1S/C17H24N2O5S/c1-3-16(20)12-6-5-7-15(8-12)25(23,24)18-13-9-14(10-13)19(4-2)11-17(21)22/h5-8,13-14,18H,3-4,9-11H2,1-2H3,(H,21,22). The van der Waals surface area contributed by atoms with E-state index in [4.69, 9.17) is 5.11 Å². The molecule has 0 aromatic heterocycles. The highest BCUT2D eigenvalue weighted by Gasteiger charge is 2.36. The Morgan fingerprint density at radius 3 is 2.52 bits per heavy atom. The molecular weight excluding hydrogens is 344 g/mol. The van der Waals surface area contributed by atoms with Gasteiger partial charge in [-0.2, -0.15) is 0 Å². The molecule has 7 nitrogen and oxygen atoms in total. The van der Waals surface area contributed by atoms with Gasteiger partial charge in [0.15, 0.2) is 5.78 Å². The third kappa shape index (κ3) is 4.87. The monoisotopic (exact) mass is 368 g/mol. The number of sulfonamides is 1. The van der Waals surface area contributed by atoms with Crippen molar-refractivity contribution in [1.82, 2.24) is 9.62 Å². The Balaban J connectivity index is 1.99. The van der Waals surface area contributed by atoms with Crippen LogP contribution in [0.25, 0.3) is 0 Å². The van der Waals surface area contributed by atoms with Crippen LogP contribution in [-0.4, -0.2) is 55.3 Å². The van der Waals surface area contributed by atoms with Gasteiger partial charge in [-0.25, -0.2) is 13.1 Å². The van der Waals surface area contributed by atoms with Crippen LogP contribution in [0.2, 0.25) is 0 Å². The molecule has 1 fully saturated rings. The summed E-state index contributed by atoms with van der Waals surface area (Å²) in [6.45, 7) is 4.18. The van der Waals surface area contributed by atoms with Gasteiger partial charge in [-0.15, -0.1) is 0 Å². The van der Waals surface area contributed by atoms with E-state index in [0.29, 0.717) is 31.4 Å². The molecular formula is C17H24N2O5S. The van der Waals surface area contributed by atoms with Gasteiger partial charge in [0.2, 0.25) is 10.0 Å². The number of nitrogens with one attached hydrogen (secondary N) is 1. The third-order valence-corrected chi connectivity index (χ3v) is 6.00. The Kier molecular flexibility index (Phi) is 6.31. The second kappa shape index (κ2) is 8.07. The molecule has 1 aliphatic rings. The Hall–Kier alpha value is -1.77. The lowest BCUT2D eigenvalue weighted by atomic mass is 9.86. The maximum atomic E-state index is 12.5. The van der Waals surface area contributed by atoms with E-state index in [0.717, 1.165) is 0 Å². The van der Waals surface area contributed by atoms with Gasteiger partial charge in [0, 0.05) is 24.1 Å². The lowest BCUT2D eigenvalue weighted by Crippen LogP contribution is -2.54. The van der Waals surface area contributed by atoms with E-state index in [9.17, 15) is 18.0 Å². The first kappa shape index (κ1) is 19.6. The minimum absolute atomic E-state index is 0.0399. The van der Waals surface area contributed by atoms with Gasteiger partial charge in [-0.3, -0.25) is 14.5 Å². The summed E-state index contributed by atoms with van der Waals surface area (Å²) in [6, 6.07) is 5.88. The number of carboxylic acids is 1. The van der Waals surface area contributed by atoms with Crippen LogP contribution in [0.15, 0.2) is 29.2 Å². The molecule has 0 atom stereocenters. The summed E-state index contributed by atoms with van der Waals surface area (Å²) in [6.07, 6.45) is 1.47. The summed E-state index contributed by atoms with van der Waals surface area (Å²) < 4.78 is 27.6. The number of carbonyl (C=O) groups is 2. The van der Waals surface area contributed by atoms with Gasteiger partial charge in [-0.1, -0.05) is 26.0 Å².